The van der Waals surface area contributed by atoms with Crippen molar-refractivity contribution in [3.05, 3.63) is 67.3 Å². The Hall–Kier alpha value is -3.01. The number of pyridine rings is 3. The average Bonchev–Trinajstić information content (AvgIpc) is 2.55. The molecule has 0 fully saturated rings. The summed E-state index contributed by atoms with van der Waals surface area (Å²) in [7, 11) is 0. The first-order chi connectivity index (χ1) is 10.4. The van der Waals surface area contributed by atoms with Crippen LogP contribution in [0.2, 0.25) is 0 Å². The van der Waals surface area contributed by atoms with E-state index in [0.717, 1.165) is 27.4 Å². The third-order valence-corrected chi connectivity index (χ3v) is 3.32. The van der Waals surface area contributed by atoms with Crippen molar-refractivity contribution < 1.29 is 4.74 Å². The molecule has 21 heavy (non-hydrogen) atoms. The number of fused-ring (bicyclic) bond motifs is 2. The molecule has 0 atom stereocenters. The average molecular weight is 273 g/mol. The molecule has 3 aromatic heterocycles. The number of aromatic nitrogens is 3. The molecule has 0 bridgehead atoms. The molecule has 4 rings (SSSR count). The zero-order valence-electron chi connectivity index (χ0n) is 11.1. The minimum absolute atomic E-state index is 0.582. The molecule has 0 N–H and O–H groups in total. The fourth-order valence-corrected chi connectivity index (χ4v) is 2.30. The van der Waals surface area contributed by atoms with Gasteiger partial charge < -0.3 is 4.74 Å². The second kappa shape index (κ2) is 4.83. The number of ether oxygens (including phenoxy) is 1. The van der Waals surface area contributed by atoms with Gasteiger partial charge in [0.2, 0.25) is 5.88 Å². The molecule has 0 aliphatic rings. The summed E-state index contributed by atoms with van der Waals surface area (Å²) in [6.45, 7) is 0. The second-order valence-corrected chi connectivity index (χ2v) is 4.67. The maximum atomic E-state index is 5.93. The summed E-state index contributed by atoms with van der Waals surface area (Å²) in [6, 6.07) is 13.5. The van der Waals surface area contributed by atoms with Gasteiger partial charge in [-0.1, -0.05) is 6.07 Å². The van der Waals surface area contributed by atoms with Crippen molar-refractivity contribution in [1.82, 2.24) is 15.0 Å². The fourth-order valence-electron chi connectivity index (χ4n) is 2.30. The molecule has 3 heterocycles. The molecule has 0 unspecified atom stereocenters. The molecule has 4 aromatic rings. The van der Waals surface area contributed by atoms with Crippen LogP contribution in [0, 0.1) is 0 Å². The summed E-state index contributed by atoms with van der Waals surface area (Å²) in [4.78, 5) is 12.7. The summed E-state index contributed by atoms with van der Waals surface area (Å²) in [6.07, 6.45) is 7.04. The highest BCUT2D eigenvalue weighted by Crippen LogP contribution is 2.28. The highest BCUT2D eigenvalue weighted by atomic mass is 16.5. The van der Waals surface area contributed by atoms with Crippen LogP contribution in [0.1, 0.15) is 0 Å². The van der Waals surface area contributed by atoms with Gasteiger partial charge in [-0.25, -0.2) is 4.98 Å². The Labute approximate surface area is 121 Å². The van der Waals surface area contributed by atoms with E-state index in [9.17, 15) is 0 Å². The zero-order chi connectivity index (χ0) is 14.1. The van der Waals surface area contributed by atoms with Gasteiger partial charge in [0.25, 0.3) is 0 Å². The Balaban J connectivity index is 1.79. The van der Waals surface area contributed by atoms with Crippen LogP contribution in [0.5, 0.6) is 11.6 Å². The quantitative estimate of drug-likeness (QED) is 0.554. The molecule has 0 aliphatic carbocycles. The number of nitrogens with zero attached hydrogens (tertiary/aromatic N) is 3. The first-order valence-electron chi connectivity index (χ1n) is 6.61. The standard InChI is InChI=1S/C17H11N3O/c1-2-12-10-14(3-4-16(12)19-7-1)21-17-15-6-8-18-11-13(15)5-9-20-17/h1-11H. The molecule has 4 heteroatoms. The van der Waals surface area contributed by atoms with Crippen LogP contribution in [-0.2, 0) is 0 Å². The van der Waals surface area contributed by atoms with E-state index in [0.29, 0.717) is 5.88 Å². The van der Waals surface area contributed by atoms with Crippen molar-refractivity contribution in [2.75, 3.05) is 0 Å². The fraction of sp³-hybridized carbons (Fsp3) is 0. The van der Waals surface area contributed by atoms with Gasteiger partial charge >= 0.3 is 0 Å². The maximum absolute atomic E-state index is 5.93. The van der Waals surface area contributed by atoms with E-state index >= 15 is 0 Å². The number of rotatable bonds is 2. The lowest BCUT2D eigenvalue weighted by atomic mass is 10.2. The van der Waals surface area contributed by atoms with Crippen LogP contribution in [0.3, 0.4) is 0 Å². The van der Waals surface area contributed by atoms with Crippen molar-refractivity contribution in [3.63, 3.8) is 0 Å². The van der Waals surface area contributed by atoms with Gasteiger partial charge in [0.15, 0.2) is 0 Å². The Morgan fingerprint density at radius 1 is 0.810 bits per heavy atom. The van der Waals surface area contributed by atoms with Gasteiger partial charge in [-0.3, -0.25) is 9.97 Å². The largest absolute Gasteiger partial charge is 0.438 e. The van der Waals surface area contributed by atoms with E-state index in [1.54, 1.807) is 24.8 Å². The van der Waals surface area contributed by atoms with Crippen molar-refractivity contribution in [3.8, 4) is 11.6 Å². The number of hydrogen-bond acceptors (Lipinski definition) is 4. The molecular formula is C17H11N3O. The molecule has 0 aliphatic heterocycles. The predicted molar refractivity (Wildman–Crippen MR) is 81.4 cm³/mol. The molecule has 0 radical (unpaired) electrons. The lowest BCUT2D eigenvalue weighted by Crippen LogP contribution is -1.90. The number of benzene rings is 1. The number of hydrogen-bond donors (Lipinski definition) is 0. The zero-order valence-corrected chi connectivity index (χ0v) is 11.1. The van der Waals surface area contributed by atoms with Crippen LogP contribution in [-0.4, -0.2) is 15.0 Å². The normalized spacial score (nSPS) is 10.9. The van der Waals surface area contributed by atoms with E-state index in [1.165, 1.54) is 0 Å². The third kappa shape index (κ3) is 2.17. The predicted octanol–water partition coefficient (Wildman–Crippen LogP) is 3.97. The van der Waals surface area contributed by atoms with Crippen molar-refractivity contribution in [2.45, 2.75) is 0 Å². The monoisotopic (exact) mass is 273 g/mol. The summed E-state index contributed by atoms with van der Waals surface area (Å²) in [5.41, 5.74) is 0.944. The van der Waals surface area contributed by atoms with Gasteiger partial charge in [-0.05, 0) is 36.4 Å². The first-order valence-corrected chi connectivity index (χ1v) is 6.61. The topological polar surface area (TPSA) is 47.9 Å². The first kappa shape index (κ1) is 11.8. The minimum atomic E-state index is 0.582. The van der Waals surface area contributed by atoms with Crippen molar-refractivity contribution in [1.29, 1.82) is 0 Å². The molecule has 0 amide bonds. The van der Waals surface area contributed by atoms with Gasteiger partial charge in [-0.15, -0.1) is 0 Å². The Kier molecular flexibility index (Phi) is 2.71. The molecule has 1 aromatic carbocycles. The molecule has 4 nitrogen and oxygen atoms in total. The third-order valence-electron chi connectivity index (χ3n) is 3.32. The highest BCUT2D eigenvalue weighted by Gasteiger charge is 2.05. The summed E-state index contributed by atoms with van der Waals surface area (Å²) in [5, 5.41) is 2.99. The Morgan fingerprint density at radius 3 is 2.81 bits per heavy atom. The smallest absolute Gasteiger partial charge is 0.227 e. The second-order valence-electron chi connectivity index (χ2n) is 4.67. The van der Waals surface area contributed by atoms with Gasteiger partial charge in [0, 0.05) is 40.9 Å². The van der Waals surface area contributed by atoms with Crippen LogP contribution >= 0.6 is 0 Å². The van der Waals surface area contributed by atoms with Gasteiger partial charge in [0.05, 0.1) is 5.52 Å². The maximum Gasteiger partial charge on any atom is 0.227 e. The van der Waals surface area contributed by atoms with Crippen molar-refractivity contribution in [2.24, 2.45) is 0 Å². The minimum Gasteiger partial charge on any atom is -0.438 e. The summed E-state index contributed by atoms with van der Waals surface area (Å²) in [5.74, 6) is 1.32. The lowest BCUT2D eigenvalue weighted by molar-refractivity contribution is 0.470. The van der Waals surface area contributed by atoms with Gasteiger partial charge in [-0.2, -0.15) is 0 Å². The molecular weight excluding hydrogens is 262 g/mol. The van der Waals surface area contributed by atoms with Crippen LogP contribution < -0.4 is 4.74 Å². The van der Waals surface area contributed by atoms with E-state index in [4.69, 9.17) is 4.74 Å². The van der Waals surface area contributed by atoms with E-state index < -0.39 is 0 Å². The highest BCUT2D eigenvalue weighted by molar-refractivity contribution is 5.86. The van der Waals surface area contributed by atoms with E-state index in [2.05, 4.69) is 15.0 Å². The Morgan fingerprint density at radius 2 is 1.81 bits per heavy atom. The van der Waals surface area contributed by atoms with Crippen molar-refractivity contribution >= 4 is 21.7 Å². The lowest BCUT2D eigenvalue weighted by Gasteiger charge is -2.08. The SMILES string of the molecule is c1cnc2ccc(Oc3nccc4cnccc34)cc2c1. The Bertz CT molecular complexity index is 932. The van der Waals surface area contributed by atoms with Crippen LogP contribution in [0.4, 0.5) is 0 Å². The van der Waals surface area contributed by atoms with Crippen LogP contribution in [0.15, 0.2) is 67.3 Å². The van der Waals surface area contributed by atoms with Crippen LogP contribution in [0.25, 0.3) is 21.7 Å². The molecule has 0 spiro atoms. The molecule has 0 saturated carbocycles. The van der Waals surface area contributed by atoms with E-state index in [-0.39, 0.29) is 0 Å². The van der Waals surface area contributed by atoms with E-state index in [1.807, 2.05) is 42.5 Å². The van der Waals surface area contributed by atoms with Gasteiger partial charge in [0.1, 0.15) is 5.75 Å². The summed E-state index contributed by atoms with van der Waals surface area (Å²) >= 11 is 0. The summed E-state index contributed by atoms with van der Waals surface area (Å²) < 4.78 is 5.93. The molecule has 0 saturated heterocycles. The molecule has 100 valence electrons.